The summed E-state index contributed by atoms with van der Waals surface area (Å²) in [6.45, 7) is 2.04. The number of carbonyl (C=O) groups excluding carboxylic acids is 3. The maximum absolute atomic E-state index is 13.2. The number of benzene rings is 3. The Labute approximate surface area is 206 Å². The number of nitrogens with one attached hydrogen (secondary N) is 2. The molecule has 0 aliphatic carbocycles. The van der Waals surface area contributed by atoms with Crippen LogP contribution in [0.2, 0.25) is 5.02 Å². The van der Waals surface area contributed by atoms with Gasteiger partial charge in [0.15, 0.2) is 11.5 Å². The molecular formula is C26H21ClN2O6. The number of ether oxygens (including phenoxy) is 3. The van der Waals surface area contributed by atoms with Gasteiger partial charge in [-0.2, -0.15) is 0 Å². The second-order valence-electron chi connectivity index (χ2n) is 7.36. The molecule has 0 spiro atoms. The molecule has 3 aromatic rings. The van der Waals surface area contributed by atoms with Crippen LogP contribution in [0.1, 0.15) is 33.2 Å². The molecule has 0 fully saturated rings. The van der Waals surface area contributed by atoms with E-state index in [2.05, 4.69) is 10.6 Å². The maximum Gasteiger partial charge on any atom is 0.338 e. The molecule has 35 heavy (non-hydrogen) atoms. The first-order chi connectivity index (χ1) is 16.9. The smallest absolute Gasteiger partial charge is 0.338 e. The number of rotatable bonds is 7. The molecule has 1 heterocycles. The van der Waals surface area contributed by atoms with E-state index in [1.807, 2.05) is 0 Å². The van der Waals surface area contributed by atoms with Gasteiger partial charge in [-0.05, 0) is 61.0 Å². The van der Waals surface area contributed by atoms with Crippen LogP contribution in [0.3, 0.4) is 0 Å². The summed E-state index contributed by atoms with van der Waals surface area (Å²) in [6, 6.07) is 17.9. The van der Waals surface area contributed by atoms with E-state index in [0.717, 1.165) is 0 Å². The zero-order valence-corrected chi connectivity index (χ0v) is 19.4. The lowest BCUT2D eigenvalue weighted by Crippen LogP contribution is -2.31. The number of esters is 1. The van der Waals surface area contributed by atoms with E-state index >= 15 is 0 Å². The molecule has 178 valence electrons. The summed E-state index contributed by atoms with van der Waals surface area (Å²) < 4.78 is 15.7. The van der Waals surface area contributed by atoms with E-state index in [1.54, 1.807) is 67.6 Å². The van der Waals surface area contributed by atoms with Crippen molar-refractivity contribution in [2.75, 3.05) is 18.7 Å². The van der Waals surface area contributed by atoms with Crippen molar-refractivity contribution < 1.29 is 28.6 Å². The minimum Gasteiger partial charge on any atom is -0.462 e. The summed E-state index contributed by atoms with van der Waals surface area (Å²) in [5, 5.41) is 5.58. The van der Waals surface area contributed by atoms with Crippen molar-refractivity contribution >= 4 is 41.1 Å². The van der Waals surface area contributed by atoms with Crippen LogP contribution in [0.5, 0.6) is 11.5 Å². The number of halogens is 1. The molecule has 1 aliphatic rings. The molecule has 0 saturated heterocycles. The third kappa shape index (κ3) is 5.80. The Morgan fingerprint density at radius 1 is 1.00 bits per heavy atom. The van der Waals surface area contributed by atoms with Crippen LogP contribution in [0.25, 0.3) is 6.08 Å². The number of anilines is 1. The first kappa shape index (κ1) is 23.8. The van der Waals surface area contributed by atoms with Crippen LogP contribution >= 0.6 is 11.6 Å². The summed E-state index contributed by atoms with van der Waals surface area (Å²) in [4.78, 5) is 38.2. The molecule has 0 aromatic heterocycles. The van der Waals surface area contributed by atoms with Crippen molar-refractivity contribution in [1.82, 2.24) is 5.32 Å². The highest BCUT2D eigenvalue weighted by atomic mass is 35.5. The fourth-order valence-corrected chi connectivity index (χ4v) is 3.52. The molecule has 0 atom stereocenters. The lowest BCUT2D eigenvalue weighted by Gasteiger charge is -2.13. The Bertz CT molecular complexity index is 1320. The van der Waals surface area contributed by atoms with Crippen LogP contribution in [-0.4, -0.2) is 31.2 Å². The lowest BCUT2D eigenvalue weighted by molar-refractivity contribution is -0.113. The van der Waals surface area contributed by atoms with E-state index in [0.29, 0.717) is 22.7 Å². The topological polar surface area (TPSA) is 103 Å². The normalized spacial score (nSPS) is 12.1. The van der Waals surface area contributed by atoms with E-state index in [9.17, 15) is 14.4 Å². The SMILES string of the molecule is CCOC(=O)c1cccc(NC(=O)/C(=C\c2ccc3c(c2)OCO3)NC(=O)c2ccccc2Cl)c1. The Morgan fingerprint density at radius 3 is 2.60 bits per heavy atom. The Balaban J connectivity index is 1.63. The van der Waals surface area contributed by atoms with Gasteiger partial charge in [-0.15, -0.1) is 0 Å². The molecule has 0 radical (unpaired) electrons. The first-order valence-corrected chi connectivity index (χ1v) is 11.1. The molecule has 8 nitrogen and oxygen atoms in total. The summed E-state index contributed by atoms with van der Waals surface area (Å²) >= 11 is 6.15. The molecule has 2 amide bonds. The van der Waals surface area contributed by atoms with Gasteiger partial charge in [0.2, 0.25) is 6.79 Å². The monoisotopic (exact) mass is 492 g/mol. The van der Waals surface area contributed by atoms with Gasteiger partial charge in [0, 0.05) is 5.69 Å². The van der Waals surface area contributed by atoms with Crippen molar-refractivity contribution in [3.63, 3.8) is 0 Å². The van der Waals surface area contributed by atoms with Gasteiger partial charge in [0.05, 0.1) is 22.8 Å². The van der Waals surface area contributed by atoms with Crippen LogP contribution in [0.4, 0.5) is 5.69 Å². The summed E-state index contributed by atoms with van der Waals surface area (Å²) in [6.07, 6.45) is 1.50. The van der Waals surface area contributed by atoms with Crippen molar-refractivity contribution in [3.8, 4) is 11.5 Å². The van der Waals surface area contributed by atoms with Gasteiger partial charge >= 0.3 is 5.97 Å². The van der Waals surface area contributed by atoms with E-state index < -0.39 is 17.8 Å². The highest BCUT2D eigenvalue weighted by Gasteiger charge is 2.19. The average molecular weight is 493 g/mol. The third-order valence-corrected chi connectivity index (χ3v) is 5.28. The number of carbonyl (C=O) groups is 3. The second kappa shape index (κ2) is 10.8. The van der Waals surface area contributed by atoms with Crippen LogP contribution in [0, 0.1) is 0 Å². The molecule has 9 heteroatoms. The van der Waals surface area contributed by atoms with Gasteiger partial charge < -0.3 is 24.8 Å². The Hall–Kier alpha value is -4.30. The summed E-state index contributed by atoms with van der Waals surface area (Å²) in [5.74, 6) is -0.559. The number of fused-ring (bicyclic) bond motifs is 1. The largest absolute Gasteiger partial charge is 0.462 e. The summed E-state index contributed by atoms with van der Waals surface area (Å²) in [7, 11) is 0. The molecule has 1 aliphatic heterocycles. The molecule has 0 bridgehead atoms. The summed E-state index contributed by atoms with van der Waals surface area (Å²) in [5.41, 5.74) is 1.40. The molecule has 2 N–H and O–H groups in total. The van der Waals surface area contributed by atoms with Crippen LogP contribution in [0.15, 0.2) is 72.4 Å². The van der Waals surface area contributed by atoms with Crippen molar-refractivity contribution in [1.29, 1.82) is 0 Å². The minimum absolute atomic E-state index is 0.0460. The Morgan fingerprint density at radius 2 is 1.80 bits per heavy atom. The predicted octanol–water partition coefficient (Wildman–Crippen LogP) is 4.66. The predicted molar refractivity (Wildman–Crippen MR) is 130 cm³/mol. The molecule has 4 rings (SSSR count). The average Bonchev–Trinajstić information content (AvgIpc) is 3.32. The van der Waals surface area contributed by atoms with E-state index in [4.69, 9.17) is 25.8 Å². The van der Waals surface area contributed by atoms with E-state index in [-0.39, 0.29) is 35.2 Å². The fraction of sp³-hybridized carbons (Fsp3) is 0.115. The second-order valence-corrected chi connectivity index (χ2v) is 7.77. The van der Waals surface area contributed by atoms with Gasteiger partial charge in [-0.1, -0.05) is 35.9 Å². The van der Waals surface area contributed by atoms with Crippen molar-refractivity contribution in [3.05, 3.63) is 94.1 Å². The molecule has 0 unspecified atom stereocenters. The van der Waals surface area contributed by atoms with Gasteiger partial charge in [-0.25, -0.2) is 4.79 Å². The number of hydrogen-bond acceptors (Lipinski definition) is 6. The van der Waals surface area contributed by atoms with Crippen LogP contribution < -0.4 is 20.1 Å². The quantitative estimate of drug-likeness (QED) is 0.367. The molecule has 3 aromatic carbocycles. The highest BCUT2D eigenvalue weighted by molar-refractivity contribution is 6.34. The van der Waals surface area contributed by atoms with E-state index in [1.165, 1.54) is 12.1 Å². The fourth-order valence-electron chi connectivity index (χ4n) is 3.30. The number of hydrogen-bond donors (Lipinski definition) is 2. The van der Waals surface area contributed by atoms with Crippen LogP contribution in [-0.2, 0) is 9.53 Å². The Kier molecular flexibility index (Phi) is 7.32. The van der Waals surface area contributed by atoms with Gasteiger partial charge in [0.25, 0.3) is 11.8 Å². The zero-order chi connectivity index (χ0) is 24.8. The standard InChI is InChI=1S/C26H21ClN2O6/c1-2-33-26(32)17-6-5-7-18(14-17)28-25(31)21(29-24(30)19-8-3-4-9-20(19)27)12-16-10-11-22-23(13-16)35-15-34-22/h3-14H,2,15H2,1H3,(H,28,31)(H,29,30)/b21-12+. The first-order valence-electron chi connectivity index (χ1n) is 10.7. The lowest BCUT2D eigenvalue weighted by atomic mass is 10.1. The maximum atomic E-state index is 13.2. The van der Waals surface area contributed by atoms with Crippen molar-refractivity contribution in [2.45, 2.75) is 6.92 Å². The van der Waals surface area contributed by atoms with Crippen molar-refractivity contribution in [2.24, 2.45) is 0 Å². The highest BCUT2D eigenvalue weighted by Crippen LogP contribution is 2.33. The minimum atomic E-state index is -0.607. The molecular weight excluding hydrogens is 472 g/mol. The third-order valence-electron chi connectivity index (χ3n) is 4.95. The number of amides is 2. The van der Waals surface area contributed by atoms with Gasteiger partial charge in [-0.3, -0.25) is 9.59 Å². The van der Waals surface area contributed by atoms with Gasteiger partial charge in [0.1, 0.15) is 5.70 Å². The zero-order valence-electron chi connectivity index (χ0n) is 18.7. The molecule has 0 saturated carbocycles.